The Labute approximate surface area is 168 Å². The average Bonchev–Trinajstić information content (AvgIpc) is 3.44. The molecule has 0 unspecified atom stereocenters. The largest absolute Gasteiger partial charge is 0.325 e. The highest BCUT2D eigenvalue weighted by Gasteiger charge is 2.28. The fraction of sp³-hybridized carbons (Fsp3) is 0.263. The van der Waals surface area contributed by atoms with Crippen LogP contribution in [0.1, 0.15) is 25.8 Å². The molecule has 0 aliphatic heterocycles. The smallest absolute Gasteiger partial charge is 0.242 e. The number of aromatic nitrogens is 4. The summed E-state index contributed by atoms with van der Waals surface area (Å²) >= 11 is 0. The van der Waals surface area contributed by atoms with Crippen molar-refractivity contribution in [3.63, 3.8) is 0 Å². The topological polar surface area (TPSA) is 119 Å². The van der Waals surface area contributed by atoms with Crippen molar-refractivity contribution in [2.75, 3.05) is 5.32 Å². The summed E-state index contributed by atoms with van der Waals surface area (Å²) in [6.45, 7) is 1.49. The van der Waals surface area contributed by atoms with E-state index in [9.17, 15) is 13.2 Å². The third-order valence-corrected chi connectivity index (χ3v) is 6.11. The summed E-state index contributed by atoms with van der Waals surface area (Å²) in [6, 6.07) is 14.4. The number of carbonyl (C=O) groups excluding carboxylic acids is 1. The fourth-order valence-electron chi connectivity index (χ4n) is 2.89. The molecule has 1 saturated carbocycles. The Kier molecular flexibility index (Phi) is 5.12. The summed E-state index contributed by atoms with van der Waals surface area (Å²) < 4.78 is 29.0. The number of nitrogens with zero attached hydrogens (tertiary/aromatic N) is 4. The van der Waals surface area contributed by atoms with E-state index in [0.29, 0.717) is 17.6 Å². The predicted octanol–water partition coefficient (Wildman–Crippen LogP) is 1.98. The van der Waals surface area contributed by atoms with Gasteiger partial charge in [-0.25, -0.2) is 13.1 Å². The van der Waals surface area contributed by atoms with Gasteiger partial charge >= 0.3 is 0 Å². The molecule has 2 N–H and O–H groups in total. The van der Waals surface area contributed by atoms with E-state index in [0.717, 1.165) is 18.4 Å². The lowest BCUT2D eigenvalue weighted by molar-refractivity contribution is -0.117. The maximum atomic E-state index is 12.5. The van der Waals surface area contributed by atoms with E-state index in [1.165, 1.54) is 19.1 Å². The zero-order valence-corrected chi connectivity index (χ0v) is 16.5. The molecule has 1 heterocycles. The van der Waals surface area contributed by atoms with Crippen LogP contribution in [0.2, 0.25) is 0 Å². The summed E-state index contributed by atoms with van der Waals surface area (Å²) in [7, 11) is -3.79. The molecule has 1 fully saturated rings. The quantitative estimate of drug-likeness (QED) is 0.612. The molecule has 0 bridgehead atoms. The number of anilines is 1. The van der Waals surface area contributed by atoms with Gasteiger partial charge in [0.05, 0.1) is 17.0 Å². The highest BCUT2D eigenvalue weighted by molar-refractivity contribution is 7.89. The van der Waals surface area contributed by atoms with Crippen LogP contribution < -0.4 is 10.0 Å². The average molecular weight is 412 g/mol. The van der Waals surface area contributed by atoms with Gasteiger partial charge in [-0.05, 0) is 54.5 Å². The van der Waals surface area contributed by atoms with Crippen molar-refractivity contribution in [2.24, 2.45) is 0 Å². The zero-order valence-electron chi connectivity index (χ0n) is 15.7. The molecule has 1 aliphatic carbocycles. The minimum absolute atomic E-state index is 0.105. The van der Waals surface area contributed by atoms with E-state index < -0.39 is 22.0 Å². The Morgan fingerprint density at radius 3 is 2.62 bits per heavy atom. The van der Waals surface area contributed by atoms with E-state index in [1.54, 1.807) is 41.1 Å². The summed E-state index contributed by atoms with van der Waals surface area (Å²) in [6.07, 6.45) is 2.10. The van der Waals surface area contributed by atoms with E-state index in [4.69, 9.17) is 0 Å². The first-order valence-corrected chi connectivity index (χ1v) is 10.7. The molecular formula is C19H20N6O3S. The Hall–Kier alpha value is -3.11. The van der Waals surface area contributed by atoms with Gasteiger partial charge < -0.3 is 5.32 Å². The van der Waals surface area contributed by atoms with Crippen molar-refractivity contribution in [2.45, 2.75) is 36.7 Å². The van der Waals surface area contributed by atoms with Crippen LogP contribution in [0.15, 0.2) is 59.5 Å². The number of tetrazole rings is 1. The number of rotatable bonds is 7. The SMILES string of the molecule is C[C@H](NS(=O)(=O)c1ccccc1)C(=O)Nc1cccc(-c2nnnn2C2CC2)c1. The lowest BCUT2D eigenvalue weighted by atomic mass is 10.2. The molecule has 1 atom stereocenters. The van der Waals surface area contributed by atoms with Crippen molar-refractivity contribution in [1.82, 2.24) is 24.9 Å². The van der Waals surface area contributed by atoms with Crippen molar-refractivity contribution < 1.29 is 13.2 Å². The maximum Gasteiger partial charge on any atom is 0.242 e. The first-order chi connectivity index (χ1) is 13.9. The molecule has 4 rings (SSSR count). The van der Waals surface area contributed by atoms with Gasteiger partial charge in [-0.2, -0.15) is 4.72 Å². The number of hydrogen-bond donors (Lipinski definition) is 2. The lowest BCUT2D eigenvalue weighted by Gasteiger charge is -2.15. The summed E-state index contributed by atoms with van der Waals surface area (Å²) in [4.78, 5) is 12.6. The number of benzene rings is 2. The number of sulfonamides is 1. The molecule has 1 amide bonds. The van der Waals surface area contributed by atoms with Crippen molar-refractivity contribution in [1.29, 1.82) is 0 Å². The van der Waals surface area contributed by atoms with Gasteiger partial charge in [0, 0.05) is 11.3 Å². The minimum atomic E-state index is -3.79. The highest BCUT2D eigenvalue weighted by atomic mass is 32.2. The zero-order chi connectivity index (χ0) is 20.4. The van der Waals surface area contributed by atoms with E-state index in [2.05, 4.69) is 25.6 Å². The van der Waals surface area contributed by atoms with Crippen LogP contribution in [-0.2, 0) is 14.8 Å². The Balaban J connectivity index is 1.46. The Morgan fingerprint density at radius 1 is 1.14 bits per heavy atom. The highest BCUT2D eigenvalue weighted by Crippen LogP contribution is 2.36. The second kappa shape index (κ2) is 7.72. The predicted molar refractivity (Wildman–Crippen MR) is 106 cm³/mol. The summed E-state index contributed by atoms with van der Waals surface area (Å²) in [5.74, 6) is 0.171. The van der Waals surface area contributed by atoms with Gasteiger partial charge in [0.2, 0.25) is 15.9 Å². The van der Waals surface area contributed by atoms with Gasteiger partial charge in [0.1, 0.15) is 0 Å². The number of hydrogen-bond acceptors (Lipinski definition) is 6. The molecular weight excluding hydrogens is 392 g/mol. The maximum absolute atomic E-state index is 12.5. The summed E-state index contributed by atoms with van der Waals surface area (Å²) in [5.41, 5.74) is 1.31. The van der Waals surface area contributed by atoms with Crippen LogP contribution in [0, 0.1) is 0 Å². The first kappa shape index (κ1) is 19.2. The van der Waals surface area contributed by atoms with Crippen LogP contribution >= 0.6 is 0 Å². The van der Waals surface area contributed by atoms with Crippen molar-refractivity contribution >= 4 is 21.6 Å². The van der Waals surface area contributed by atoms with E-state index in [-0.39, 0.29) is 4.90 Å². The molecule has 9 nitrogen and oxygen atoms in total. The lowest BCUT2D eigenvalue weighted by Crippen LogP contribution is -2.41. The Morgan fingerprint density at radius 2 is 1.90 bits per heavy atom. The van der Waals surface area contributed by atoms with Crippen LogP contribution in [0.5, 0.6) is 0 Å². The molecule has 10 heteroatoms. The summed E-state index contributed by atoms with van der Waals surface area (Å²) in [5, 5.41) is 14.6. The van der Waals surface area contributed by atoms with Crippen LogP contribution in [-0.4, -0.2) is 40.6 Å². The first-order valence-electron chi connectivity index (χ1n) is 9.20. The fourth-order valence-corrected chi connectivity index (χ4v) is 4.11. The third-order valence-electron chi connectivity index (χ3n) is 4.55. The van der Waals surface area contributed by atoms with Crippen molar-refractivity contribution in [3.05, 3.63) is 54.6 Å². The molecule has 2 aromatic carbocycles. The number of amides is 1. The van der Waals surface area contributed by atoms with Crippen LogP contribution in [0.4, 0.5) is 5.69 Å². The van der Waals surface area contributed by atoms with Crippen molar-refractivity contribution in [3.8, 4) is 11.4 Å². The van der Waals surface area contributed by atoms with Gasteiger partial charge in [-0.3, -0.25) is 4.79 Å². The molecule has 3 aromatic rings. The van der Waals surface area contributed by atoms with Gasteiger partial charge in [0.25, 0.3) is 0 Å². The van der Waals surface area contributed by atoms with Gasteiger partial charge in [-0.1, -0.05) is 30.3 Å². The molecule has 150 valence electrons. The standard InChI is InChI=1S/C19H20N6O3S/c1-13(22-29(27,28)17-8-3-2-4-9-17)19(26)20-15-7-5-6-14(12-15)18-21-23-24-25(18)16-10-11-16/h2-9,12-13,16,22H,10-11H2,1H3,(H,20,26)/t13-/m0/s1. The Bertz CT molecular complexity index is 1130. The van der Waals surface area contributed by atoms with Gasteiger partial charge in [0.15, 0.2) is 5.82 Å². The number of carbonyl (C=O) groups is 1. The molecule has 1 aromatic heterocycles. The molecule has 0 radical (unpaired) electrons. The van der Waals surface area contributed by atoms with Gasteiger partial charge in [-0.15, -0.1) is 5.10 Å². The van der Waals surface area contributed by atoms with E-state index >= 15 is 0 Å². The van der Waals surface area contributed by atoms with E-state index in [1.807, 2.05) is 6.07 Å². The second-order valence-electron chi connectivity index (χ2n) is 6.90. The molecule has 29 heavy (non-hydrogen) atoms. The molecule has 1 aliphatic rings. The monoisotopic (exact) mass is 412 g/mol. The minimum Gasteiger partial charge on any atom is -0.325 e. The second-order valence-corrected chi connectivity index (χ2v) is 8.62. The molecule has 0 spiro atoms. The number of nitrogens with one attached hydrogen (secondary N) is 2. The molecule has 0 saturated heterocycles. The third kappa shape index (κ3) is 4.33. The van der Waals surface area contributed by atoms with Crippen LogP contribution in [0.3, 0.4) is 0 Å². The normalized spacial score (nSPS) is 15.1. The van der Waals surface area contributed by atoms with Crippen LogP contribution in [0.25, 0.3) is 11.4 Å².